The first kappa shape index (κ1) is 29.3. The van der Waals surface area contributed by atoms with Gasteiger partial charge in [0.2, 0.25) is 6.71 Å². The van der Waals surface area contributed by atoms with Crippen molar-refractivity contribution >= 4 is 68.5 Å². The highest BCUT2D eigenvalue weighted by Gasteiger charge is 2.54. The lowest BCUT2D eigenvalue weighted by molar-refractivity contribution is 0.229. The lowest BCUT2D eigenvalue weighted by Crippen LogP contribution is -2.63. The van der Waals surface area contributed by atoms with Crippen LogP contribution in [0, 0.1) is 0 Å². The number of para-hydroxylation sites is 3. The van der Waals surface area contributed by atoms with Crippen LogP contribution in [0.25, 0.3) is 39.5 Å². The second-order valence-corrected chi connectivity index (χ2v) is 14.3. The van der Waals surface area contributed by atoms with E-state index in [1.807, 2.05) is 6.07 Å². The lowest BCUT2D eigenvalue weighted by Gasteiger charge is -2.47. The van der Waals surface area contributed by atoms with Crippen LogP contribution >= 0.6 is 0 Å². The van der Waals surface area contributed by atoms with Gasteiger partial charge in [0.25, 0.3) is 0 Å². The quantitative estimate of drug-likeness (QED) is 0.176. The van der Waals surface area contributed by atoms with E-state index >= 15 is 0 Å². The first-order chi connectivity index (χ1) is 25.6. The van der Waals surface area contributed by atoms with Gasteiger partial charge in [0, 0.05) is 50.2 Å². The van der Waals surface area contributed by atoms with Crippen LogP contribution in [-0.4, -0.2) is 17.4 Å². The highest BCUT2D eigenvalue weighted by Crippen LogP contribution is 2.49. The molecule has 246 valence electrons. The minimum absolute atomic E-state index is 0.0179. The summed E-state index contributed by atoms with van der Waals surface area (Å²) in [5.74, 6) is 2.62. The van der Waals surface area contributed by atoms with Gasteiger partial charge in [-0.25, -0.2) is 0 Å². The molecule has 4 nitrogen and oxygen atoms in total. The van der Waals surface area contributed by atoms with Crippen molar-refractivity contribution in [3.05, 3.63) is 174 Å². The topological polar surface area (TPSA) is 26.6 Å². The summed E-state index contributed by atoms with van der Waals surface area (Å²) in [4.78, 5) is 2.32. The molecule has 0 radical (unpaired) electrons. The highest BCUT2D eigenvalue weighted by atomic mass is 16.5. The number of hydrogen-bond acceptors (Lipinski definition) is 3. The largest absolute Gasteiger partial charge is 0.486 e. The summed E-state index contributed by atoms with van der Waals surface area (Å²) in [5, 5.41) is 5.70. The molecule has 0 amide bonds. The Morgan fingerprint density at radius 2 is 1.33 bits per heavy atom. The van der Waals surface area contributed by atoms with Gasteiger partial charge in [0.05, 0.1) is 10.9 Å². The van der Waals surface area contributed by atoms with E-state index in [0.29, 0.717) is 0 Å². The van der Waals surface area contributed by atoms with Gasteiger partial charge < -0.3 is 18.9 Å². The van der Waals surface area contributed by atoms with Crippen LogP contribution in [0.15, 0.2) is 164 Å². The first-order valence-electron chi connectivity index (χ1n) is 18.0. The molecule has 5 heteroatoms. The van der Waals surface area contributed by atoms with E-state index in [-0.39, 0.29) is 18.1 Å². The molecule has 1 aliphatic carbocycles. The van der Waals surface area contributed by atoms with Crippen LogP contribution in [0.1, 0.15) is 6.92 Å². The molecular weight excluding hydrogens is 635 g/mol. The fourth-order valence-corrected chi connectivity index (χ4v) is 8.97. The van der Waals surface area contributed by atoms with E-state index < -0.39 is 0 Å². The number of fused-ring (bicyclic) bond motifs is 8. The fourth-order valence-electron chi connectivity index (χ4n) is 8.97. The average molecular weight is 669 g/mol. The van der Waals surface area contributed by atoms with Gasteiger partial charge in [-0.05, 0) is 83.0 Å². The number of ether oxygens (including phenoxy) is 2. The minimum atomic E-state index is -0.390. The van der Waals surface area contributed by atoms with Gasteiger partial charge in [0.1, 0.15) is 23.4 Å². The molecule has 0 saturated heterocycles. The molecule has 0 N–H and O–H groups in total. The molecule has 8 aromatic rings. The lowest BCUT2D eigenvalue weighted by atomic mass is 9.24. The van der Waals surface area contributed by atoms with E-state index in [4.69, 9.17) is 9.47 Å². The van der Waals surface area contributed by atoms with Crippen molar-refractivity contribution in [3.63, 3.8) is 0 Å². The summed E-state index contributed by atoms with van der Waals surface area (Å²) in [6, 6.07) is 58.2. The molecule has 0 fully saturated rings. The first-order valence-corrected chi connectivity index (χ1v) is 18.0. The Bertz CT molecular complexity index is 2850. The zero-order chi connectivity index (χ0) is 34.4. The van der Waals surface area contributed by atoms with Crippen LogP contribution in [0.2, 0.25) is 5.31 Å². The van der Waals surface area contributed by atoms with Crippen molar-refractivity contribution in [3.8, 4) is 22.9 Å². The molecule has 0 saturated carbocycles. The third-order valence-electron chi connectivity index (χ3n) is 11.3. The molecule has 3 aliphatic rings. The van der Waals surface area contributed by atoms with Crippen LogP contribution in [-0.2, 0) is 0 Å². The molecule has 52 heavy (non-hydrogen) atoms. The highest BCUT2D eigenvalue weighted by molar-refractivity contribution is 6.91. The zero-order valence-corrected chi connectivity index (χ0v) is 28.6. The second kappa shape index (κ2) is 11.0. The maximum atomic E-state index is 6.97. The number of nitrogens with zero attached hydrogens (tertiary/aromatic N) is 2. The molecule has 7 aromatic carbocycles. The maximum absolute atomic E-state index is 6.97. The predicted octanol–water partition coefficient (Wildman–Crippen LogP) is 8.76. The fraction of sp³-hybridized carbons (Fsp3) is 0.0638. The standard InChI is InChI=1S/C47H33BN2O2/c1-47-30-38-37-19-10-11-20-40(37)50(34-17-6-3-7-18-34)41(38)29-45(47)52-43-22-12-21-42-46(43)48(47)39-26-25-36(28-44(39)51-42)49(33-15-4-2-5-16-33)35-24-23-31-13-8-9-14-32(31)27-35/h2-30,45H,1H3. The molecule has 0 spiro atoms. The molecule has 2 aliphatic heterocycles. The molecule has 3 heterocycles. The Morgan fingerprint density at radius 3 is 2.19 bits per heavy atom. The Balaban J connectivity index is 1.11. The number of anilines is 3. The Kier molecular flexibility index (Phi) is 6.21. The Hall–Kier alpha value is -6.46. The summed E-state index contributed by atoms with van der Waals surface area (Å²) in [6.07, 6.45) is 4.66. The van der Waals surface area contributed by atoms with Crippen LogP contribution in [0.3, 0.4) is 0 Å². The number of rotatable bonds is 4. The van der Waals surface area contributed by atoms with E-state index in [2.05, 4.69) is 186 Å². The smallest absolute Gasteiger partial charge is 0.238 e. The van der Waals surface area contributed by atoms with Crippen molar-refractivity contribution in [2.75, 3.05) is 4.90 Å². The van der Waals surface area contributed by atoms with E-state index in [9.17, 15) is 0 Å². The van der Waals surface area contributed by atoms with Crippen LogP contribution < -0.4 is 35.9 Å². The van der Waals surface area contributed by atoms with Crippen molar-refractivity contribution < 1.29 is 9.47 Å². The zero-order valence-electron chi connectivity index (χ0n) is 28.6. The average Bonchev–Trinajstić information content (AvgIpc) is 3.50. The van der Waals surface area contributed by atoms with E-state index in [1.54, 1.807) is 0 Å². The molecule has 0 bridgehead atoms. The van der Waals surface area contributed by atoms with Gasteiger partial charge in [-0.1, -0.05) is 110 Å². The SMILES string of the molecule is CC12C=c3c(n(-c4ccccc4)c4ccccc34)=CC1Oc1cccc3c1B2c1ccc(N(c2ccccc2)c2ccc4ccccc4c2)cc1O3. The Labute approximate surface area is 302 Å². The summed E-state index contributed by atoms with van der Waals surface area (Å²) in [6.45, 7) is 2.38. The normalized spacial score (nSPS) is 17.8. The summed E-state index contributed by atoms with van der Waals surface area (Å²) < 4.78 is 16.2. The Morgan fingerprint density at radius 1 is 0.615 bits per heavy atom. The summed E-state index contributed by atoms with van der Waals surface area (Å²) in [7, 11) is 0. The van der Waals surface area contributed by atoms with Gasteiger partial charge in [-0.3, -0.25) is 0 Å². The molecule has 1 aromatic heterocycles. The van der Waals surface area contributed by atoms with Crippen molar-refractivity contribution in [1.82, 2.24) is 4.57 Å². The van der Waals surface area contributed by atoms with Crippen molar-refractivity contribution in [1.29, 1.82) is 0 Å². The van der Waals surface area contributed by atoms with Crippen molar-refractivity contribution in [2.24, 2.45) is 0 Å². The molecule has 11 rings (SSSR count). The number of hydrogen-bond donors (Lipinski definition) is 0. The van der Waals surface area contributed by atoms with Gasteiger partial charge in [0.15, 0.2) is 0 Å². The van der Waals surface area contributed by atoms with E-state index in [0.717, 1.165) is 45.5 Å². The predicted molar refractivity (Wildman–Crippen MR) is 214 cm³/mol. The molecule has 2 unspecified atom stereocenters. The van der Waals surface area contributed by atoms with E-state index in [1.165, 1.54) is 37.7 Å². The molecule has 2 atom stereocenters. The third kappa shape index (κ3) is 4.23. The summed E-state index contributed by atoms with van der Waals surface area (Å²) in [5.41, 5.74) is 7.86. The van der Waals surface area contributed by atoms with Gasteiger partial charge in [-0.15, -0.1) is 0 Å². The van der Waals surface area contributed by atoms with Crippen molar-refractivity contribution in [2.45, 2.75) is 18.3 Å². The van der Waals surface area contributed by atoms with Crippen LogP contribution in [0.4, 0.5) is 17.1 Å². The minimum Gasteiger partial charge on any atom is -0.486 e. The third-order valence-corrected chi connectivity index (χ3v) is 11.3. The van der Waals surface area contributed by atoms with Crippen LogP contribution in [0.5, 0.6) is 17.2 Å². The van der Waals surface area contributed by atoms with Gasteiger partial charge in [-0.2, -0.15) is 0 Å². The number of benzene rings is 7. The number of aromatic nitrogens is 1. The van der Waals surface area contributed by atoms with Gasteiger partial charge >= 0.3 is 0 Å². The second-order valence-electron chi connectivity index (χ2n) is 14.3. The monoisotopic (exact) mass is 668 g/mol. The molecular formula is C47H33BN2O2. The summed E-state index contributed by atoms with van der Waals surface area (Å²) >= 11 is 0. The maximum Gasteiger partial charge on any atom is 0.238 e.